The van der Waals surface area contributed by atoms with Gasteiger partial charge in [0.05, 0.1) is 16.1 Å². The number of thiophene rings is 1. The first kappa shape index (κ1) is 19.1. The van der Waals surface area contributed by atoms with E-state index in [9.17, 15) is 24.2 Å². The summed E-state index contributed by atoms with van der Waals surface area (Å²) in [5.74, 6) is -3.66. The third-order valence-corrected chi connectivity index (χ3v) is 5.47. The van der Waals surface area contributed by atoms with Gasteiger partial charge in [-0.15, -0.1) is 11.3 Å². The van der Waals surface area contributed by atoms with Crippen molar-refractivity contribution in [2.45, 2.75) is 6.92 Å². The number of rotatable bonds is 4. The molecule has 1 amide bonds. The fourth-order valence-electron chi connectivity index (χ4n) is 2.51. The minimum atomic E-state index is -1.20. The lowest BCUT2D eigenvalue weighted by Crippen LogP contribution is -2.14. The van der Waals surface area contributed by atoms with Crippen molar-refractivity contribution in [1.29, 1.82) is 0 Å². The lowest BCUT2D eigenvalue weighted by Gasteiger charge is -2.09. The number of carboxylic acid groups (broad SMARTS) is 1. The van der Waals surface area contributed by atoms with Gasteiger partial charge in [-0.2, -0.15) is 0 Å². The molecule has 3 N–H and O–H groups in total. The topological polar surface area (TPSA) is 86.6 Å². The monoisotopic (exact) mass is 449 g/mol. The number of anilines is 1. The average Bonchev–Trinajstić information content (AvgIpc) is 3.04. The number of halogens is 2. The van der Waals surface area contributed by atoms with Gasteiger partial charge in [0, 0.05) is 9.85 Å². The fraction of sp³-hybridized carbons (Fsp3) is 0.0526. The molecule has 1 heterocycles. The summed E-state index contributed by atoms with van der Waals surface area (Å²) < 4.78 is 14.7. The maximum atomic E-state index is 13.8. The largest absolute Gasteiger partial charge is 0.504 e. The highest BCUT2D eigenvalue weighted by atomic mass is 79.9. The van der Waals surface area contributed by atoms with Gasteiger partial charge in [0.1, 0.15) is 5.56 Å². The van der Waals surface area contributed by atoms with Gasteiger partial charge in [-0.05, 0) is 36.2 Å². The van der Waals surface area contributed by atoms with Gasteiger partial charge in [-0.1, -0.05) is 34.1 Å². The molecule has 0 fully saturated rings. The highest BCUT2D eigenvalue weighted by molar-refractivity contribution is 9.10. The quantitative estimate of drug-likeness (QED) is 0.505. The minimum Gasteiger partial charge on any atom is -0.504 e. The molecule has 3 rings (SSSR count). The van der Waals surface area contributed by atoms with Crippen LogP contribution >= 0.6 is 27.3 Å². The van der Waals surface area contributed by atoms with E-state index in [1.54, 1.807) is 24.3 Å². The molecule has 0 spiro atoms. The molecule has 0 saturated carbocycles. The average molecular weight is 450 g/mol. The first-order valence-corrected chi connectivity index (χ1v) is 9.37. The van der Waals surface area contributed by atoms with E-state index in [4.69, 9.17) is 0 Å². The zero-order chi connectivity index (χ0) is 19.7. The van der Waals surface area contributed by atoms with Crippen LogP contribution in [0.1, 0.15) is 26.3 Å². The summed E-state index contributed by atoms with van der Waals surface area (Å²) in [6.07, 6.45) is 0. The Hall–Kier alpha value is -2.71. The summed E-state index contributed by atoms with van der Waals surface area (Å²) in [5, 5.41) is 23.4. The van der Waals surface area contributed by atoms with Crippen LogP contribution in [0.4, 0.5) is 10.1 Å². The Bertz CT molecular complexity index is 1050. The molecule has 138 valence electrons. The number of nitrogens with one attached hydrogen (secondary N) is 1. The lowest BCUT2D eigenvalue weighted by atomic mass is 10.1. The fourth-order valence-corrected chi connectivity index (χ4v) is 3.78. The molecule has 2 aromatic carbocycles. The SMILES string of the molecule is Cc1ccc(C(=O)Nc2csc(-c3ccc(Br)cc3)c2C(=O)O)c(O)c1F. The molecule has 8 heteroatoms. The van der Waals surface area contributed by atoms with Gasteiger partial charge in [0.25, 0.3) is 5.91 Å². The molecule has 0 aliphatic heterocycles. The molecule has 27 heavy (non-hydrogen) atoms. The zero-order valence-corrected chi connectivity index (χ0v) is 16.3. The lowest BCUT2D eigenvalue weighted by molar-refractivity contribution is 0.0699. The summed E-state index contributed by atoms with van der Waals surface area (Å²) in [4.78, 5) is 24.7. The number of aryl methyl sites for hydroxylation is 1. The number of phenols is 1. The molecule has 1 aromatic heterocycles. The number of aromatic carboxylic acids is 1. The molecular formula is C19H13BrFNO4S. The number of phenolic OH excluding ortho intramolecular Hbond substituents is 1. The number of hydrogen-bond acceptors (Lipinski definition) is 4. The van der Waals surface area contributed by atoms with Gasteiger partial charge < -0.3 is 15.5 Å². The number of amides is 1. The number of carbonyl (C=O) groups is 2. The number of carbonyl (C=O) groups excluding carboxylic acids is 1. The normalized spacial score (nSPS) is 10.6. The van der Waals surface area contributed by atoms with Gasteiger partial charge in [0.2, 0.25) is 0 Å². The van der Waals surface area contributed by atoms with E-state index in [1.165, 1.54) is 24.4 Å². The van der Waals surface area contributed by atoms with E-state index in [1.807, 2.05) is 0 Å². The number of benzene rings is 2. The highest BCUT2D eigenvalue weighted by Gasteiger charge is 2.23. The summed E-state index contributed by atoms with van der Waals surface area (Å²) in [7, 11) is 0. The second-order valence-corrected chi connectivity index (χ2v) is 7.51. The van der Waals surface area contributed by atoms with Crippen LogP contribution in [0.25, 0.3) is 10.4 Å². The Morgan fingerprint density at radius 3 is 2.44 bits per heavy atom. The summed E-state index contributed by atoms with van der Waals surface area (Å²) in [6.45, 7) is 1.46. The van der Waals surface area contributed by atoms with Crippen LogP contribution in [-0.2, 0) is 0 Å². The number of hydrogen-bond donors (Lipinski definition) is 3. The van der Waals surface area contributed by atoms with Gasteiger partial charge >= 0.3 is 5.97 Å². The van der Waals surface area contributed by atoms with Crippen molar-refractivity contribution >= 4 is 44.8 Å². The number of aromatic hydroxyl groups is 1. The van der Waals surface area contributed by atoms with E-state index in [2.05, 4.69) is 21.2 Å². The van der Waals surface area contributed by atoms with E-state index < -0.39 is 23.4 Å². The van der Waals surface area contributed by atoms with E-state index in [-0.39, 0.29) is 22.4 Å². The molecule has 0 atom stereocenters. The zero-order valence-electron chi connectivity index (χ0n) is 13.9. The Kier molecular flexibility index (Phi) is 5.29. The van der Waals surface area contributed by atoms with Crippen molar-refractivity contribution in [3.8, 4) is 16.2 Å². The smallest absolute Gasteiger partial charge is 0.339 e. The van der Waals surface area contributed by atoms with E-state index >= 15 is 0 Å². The van der Waals surface area contributed by atoms with Crippen LogP contribution < -0.4 is 5.32 Å². The van der Waals surface area contributed by atoms with Crippen molar-refractivity contribution in [3.63, 3.8) is 0 Å². The van der Waals surface area contributed by atoms with Gasteiger partial charge in [0.15, 0.2) is 11.6 Å². The predicted molar refractivity (Wildman–Crippen MR) is 105 cm³/mol. The van der Waals surface area contributed by atoms with Crippen LogP contribution in [0.2, 0.25) is 0 Å². The Morgan fingerprint density at radius 2 is 1.81 bits per heavy atom. The van der Waals surface area contributed by atoms with Crippen LogP contribution in [0.5, 0.6) is 5.75 Å². The second kappa shape index (κ2) is 7.50. The first-order chi connectivity index (χ1) is 12.8. The highest BCUT2D eigenvalue weighted by Crippen LogP contribution is 2.37. The summed E-state index contributed by atoms with van der Waals surface area (Å²) in [5.41, 5.74) is 0.623. The molecule has 3 aromatic rings. The van der Waals surface area contributed by atoms with Crippen molar-refractivity contribution < 1.29 is 24.2 Å². The number of carboxylic acids is 1. The van der Waals surface area contributed by atoms with E-state index in [0.717, 1.165) is 15.8 Å². The van der Waals surface area contributed by atoms with E-state index in [0.29, 0.717) is 10.4 Å². The Balaban J connectivity index is 1.98. The third-order valence-electron chi connectivity index (χ3n) is 3.91. The van der Waals surface area contributed by atoms with Crippen molar-refractivity contribution in [3.05, 3.63) is 68.8 Å². The second-order valence-electron chi connectivity index (χ2n) is 5.71. The standard InChI is InChI=1S/C19H13BrFNO4S/c1-9-2-7-12(16(23)15(9)21)18(24)22-13-8-27-17(14(13)19(25)26)10-3-5-11(20)6-4-10/h2-8,23H,1H3,(H,22,24)(H,25,26). The molecule has 0 bridgehead atoms. The van der Waals surface area contributed by atoms with Gasteiger partial charge in [-0.3, -0.25) is 4.79 Å². The molecule has 0 radical (unpaired) electrons. The molecule has 0 aliphatic carbocycles. The maximum absolute atomic E-state index is 13.8. The molecular weight excluding hydrogens is 437 g/mol. The molecule has 0 unspecified atom stereocenters. The van der Waals surface area contributed by atoms with Gasteiger partial charge in [-0.25, -0.2) is 9.18 Å². The van der Waals surface area contributed by atoms with Crippen molar-refractivity contribution in [2.75, 3.05) is 5.32 Å². The third kappa shape index (κ3) is 3.72. The minimum absolute atomic E-state index is 0.0669. The van der Waals surface area contributed by atoms with Crippen LogP contribution in [-0.4, -0.2) is 22.1 Å². The Labute approximate surface area is 166 Å². The molecule has 0 saturated heterocycles. The van der Waals surface area contributed by atoms with Crippen LogP contribution in [0.15, 0.2) is 46.3 Å². The van der Waals surface area contributed by atoms with Crippen LogP contribution in [0, 0.1) is 12.7 Å². The summed E-state index contributed by atoms with van der Waals surface area (Å²) >= 11 is 4.49. The molecule has 5 nitrogen and oxygen atoms in total. The van der Waals surface area contributed by atoms with Crippen LogP contribution in [0.3, 0.4) is 0 Å². The van der Waals surface area contributed by atoms with Crippen molar-refractivity contribution in [1.82, 2.24) is 0 Å². The first-order valence-electron chi connectivity index (χ1n) is 7.69. The maximum Gasteiger partial charge on any atom is 0.339 e. The summed E-state index contributed by atoms with van der Waals surface area (Å²) in [6, 6.07) is 9.73. The Morgan fingerprint density at radius 1 is 1.15 bits per heavy atom. The van der Waals surface area contributed by atoms with Crippen molar-refractivity contribution in [2.24, 2.45) is 0 Å². The predicted octanol–water partition coefficient (Wildman–Crippen LogP) is 5.28. The molecule has 0 aliphatic rings.